The smallest absolute Gasteiger partial charge is 0.0936 e. The van der Waals surface area contributed by atoms with Gasteiger partial charge in [-0.2, -0.15) is 0 Å². The summed E-state index contributed by atoms with van der Waals surface area (Å²) in [4.78, 5) is 2.52. The van der Waals surface area contributed by atoms with E-state index < -0.39 is 0 Å². The molecular weight excluding hydrogens is 252 g/mol. The van der Waals surface area contributed by atoms with Crippen LogP contribution in [0.4, 0.5) is 0 Å². The van der Waals surface area contributed by atoms with Gasteiger partial charge in [-0.05, 0) is 12.5 Å². The van der Waals surface area contributed by atoms with Crippen LogP contribution in [0.3, 0.4) is 0 Å². The van der Waals surface area contributed by atoms with Gasteiger partial charge in [0.1, 0.15) is 0 Å². The molecule has 3 atom stereocenters. The van der Waals surface area contributed by atoms with Crippen molar-refractivity contribution in [1.29, 1.82) is 0 Å². The largest absolute Gasteiger partial charge is 0.376 e. The molecule has 1 N–H and O–H groups in total. The van der Waals surface area contributed by atoms with Crippen LogP contribution in [0.2, 0.25) is 0 Å². The van der Waals surface area contributed by atoms with Gasteiger partial charge in [0, 0.05) is 31.7 Å². The maximum atomic E-state index is 5.78. The highest BCUT2D eigenvalue weighted by atomic mass is 16.6. The topological polar surface area (TPSA) is 33.7 Å². The average Bonchev–Trinajstić information content (AvgIpc) is 2.51. The van der Waals surface area contributed by atoms with E-state index in [0.29, 0.717) is 12.1 Å². The number of hydrogen-bond donors (Lipinski definition) is 1. The summed E-state index contributed by atoms with van der Waals surface area (Å²) >= 11 is 0. The van der Waals surface area contributed by atoms with Crippen LogP contribution in [0, 0.1) is 0 Å². The summed E-state index contributed by atoms with van der Waals surface area (Å²) < 4.78 is 11.3. The molecule has 0 aliphatic carbocycles. The van der Waals surface area contributed by atoms with Crippen molar-refractivity contribution < 1.29 is 9.47 Å². The first-order valence-corrected chi connectivity index (χ1v) is 7.54. The highest BCUT2D eigenvalue weighted by molar-refractivity contribution is 5.20. The number of piperazine rings is 1. The second kappa shape index (κ2) is 6.68. The van der Waals surface area contributed by atoms with Crippen LogP contribution in [0.25, 0.3) is 0 Å². The van der Waals surface area contributed by atoms with Crippen molar-refractivity contribution in [3.8, 4) is 0 Å². The van der Waals surface area contributed by atoms with Gasteiger partial charge in [-0.25, -0.2) is 0 Å². The summed E-state index contributed by atoms with van der Waals surface area (Å²) in [6.45, 7) is 7.49. The molecule has 2 saturated heterocycles. The van der Waals surface area contributed by atoms with Crippen molar-refractivity contribution in [3.05, 3.63) is 35.9 Å². The van der Waals surface area contributed by atoms with Crippen molar-refractivity contribution in [2.45, 2.75) is 25.1 Å². The first-order chi connectivity index (χ1) is 9.83. The van der Waals surface area contributed by atoms with E-state index in [-0.39, 0.29) is 6.10 Å². The van der Waals surface area contributed by atoms with Gasteiger partial charge in [0.2, 0.25) is 0 Å². The molecule has 4 heteroatoms. The van der Waals surface area contributed by atoms with Gasteiger partial charge in [0.05, 0.1) is 25.9 Å². The van der Waals surface area contributed by atoms with Crippen molar-refractivity contribution in [3.63, 3.8) is 0 Å². The summed E-state index contributed by atoms with van der Waals surface area (Å²) in [6.07, 6.45) is 0.223. The Morgan fingerprint density at radius 2 is 2.10 bits per heavy atom. The minimum Gasteiger partial charge on any atom is -0.376 e. The van der Waals surface area contributed by atoms with E-state index in [1.807, 2.05) is 0 Å². The molecule has 0 aromatic heterocycles. The van der Waals surface area contributed by atoms with Crippen LogP contribution < -0.4 is 5.32 Å². The molecule has 1 aromatic rings. The van der Waals surface area contributed by atoms with Gasteiger partial charge < -0.3 is 14.8 Å². The molecule has 0 saturated carbocycles. The molecule has 0 spiro atoms. The normalized spacial score (nSPS) is 32.1. The van der Waals surface area contributed by atoms with Crippen molar-refractivity contribution in [1.82, 2.24) is 10.2 Å². The van der Waals surface area contributed by atoms with Gasteiger partial charge >= 0.3 is 0 Å². The third kappa shape index (κ3) is 3.38. The molecule has 20 heavy (non-hydrogen) atoms. The zero-order chi connectivity index (χ0) is 13.8. The zero-order valence-corrected chi connectivity index (χ0v) is 12.1. The lowest BCUT2D eigenvalue weighted by Crippen LogP contribution is -2.54. The van der Waals surface area contributed by atoms with Crippen molar-refractivity contribution in [2.75, 3.05) is 39.5 Å². The fourth-order valence-corrected chi connectivity index (χ4v) is 2.99. The first kappa shape index (κ1) is 14.0. The summed E-state index contributed by atoms with van der Waals surface area (Å²) in [7, 11) is 0. The van der Waals surface area contributed by atoms with Crippen molar-refractivity contribution >= 4 is 0 Å². The molecule has 3 rings (SSSR count). The van der Waals surface area contributed by atoms with E-state index in [0.717, 1.165) is 39.5 Å². The van der Waals surface area contributed by atoms with Crippen molar-refractivity contribution in [2.24, 2.45) is 0 Å². The van der Waals surface area contributed by atoms with E-state index in [9.17, 15) is 0 Å². The molecule has 0 bridgehead atoms. The molecular formula is C16H24N2O2. The van der Waals surface area contributed by atoms with Gasteiger partial charge in [-0.15, -0.1) is 0 Å². The first-order valence-electron chi connectivity index (χ1n) is 7.54. The Morgan fingerprint density at radius 1 is 1.25 bits per heavy atom. The molecule has 3 unspecified atom stereocenters. The van der Waals surface area contributed by atoms with Crippen LogP contribution >= 0.6 is 0 Å². The summed E-state index contributed by atoms with van der Waals surface area (Å²) in [5, 5.41) is 3.64. The van der Waals surface area contributed by atoms with E-state index >= 15 is 0 Å². The number of nitrogens with zero attached hydrogens (tertiary/aromatic N) is 1. The fraction of sp³-hybridized carbons (Fsp3) is 0.625. The third-order valence-electron chi connectivity index (χ3n) is 4.23. The third-order valence-corrected chi connectivity index (χ3v) is 4.23. The summed E-state index contributed by atoms with van der Waals surface area (Å²) in [5.74, 6) is 0. The van der Waals surface area contributed by atoms with E-state index in [4.69, 9.17) is 9.47 Å². The molecule has 110 valence electrons. The molecule has 2 heterocycles. The van der Waals surface area contributed by atoms with Crippen LogP contribution in [-0.2, 0) is 9.47 Å². The van der Waals surface area contributed by atoms with E-state index in [1.54, 1.807) is 0 Å². The predicted molar refractivity (Wildman–Crippen MR) is 78.8 cm³/mol. The number of benzene rings is 1. The number of ether oxygens (including phenoxy) is 2. The summed E-state index contributed by atoms with van der Waals surface area (Å²) in [5.41, 5.74) is 1.37. The molecule has 2 fully saturated rings. The molecule has 4 nitrogen and oxygen atoms in total. The van der Waals surface area contributed by atoms with Gasteiger partial charge in [-0.3, -0.25) is 4.90 Å². The lowest BCUT2D eigenvalue weighted by molar-refractivity contribution is -0.102. The van der Waals surface area contributed by atoms with Crippen LogP contribution in [0.1, 0.15) is 18.5 Å². The van der Waals surface area contributed by atoms with Gasteiger partial charge in [-0.1, -0.05) is 30.3 Å². The molecule has 0 amide bonds. The maximum Gasteiger partial charge on any atom is 0.0936 e. The number of rotatable bonds is 3. The highest BCUT2D eigenvalue weighted by Crippen LogP contribution is 2.20. The lowest BCUT2D eigenvalue weighted by atomic mass is 10.0. The minimum absolute atomic E-state index is 0.223. The Kier molecular flexibility index (Phi) is 4.68. The molecule has 2 aliphatic rings. The predicted octanol–water partition coefficient (Wildman–Crippen LogP) is 1.44. The Balaban J connectivity index is 1.61. The summed E-state index contributed by atoms with van der Waals surface area (Å²) in [6, 6.07) is 11.6. The second-order valence-corrected chi connectivity index (χ2v) is 5.74. The van der Waals surface area contributed by atoms with Gasteiger partial charge in [0.15, 0.2) is 0 Å². The Bertz CT molecular complexity index is 406. The Labute approximate surface area is 121 Å². The Hall–Kier alpha value is -0.940. The number of hydrogen-bond acceptors (Lipinski definition) is 4. The fourth-order valence-electron chi connectivity index (χ4n) is 2.99. The highest BCUT2D eigenvalue weighted by Gasteiger charge is 2.28. The molecule has 1 aromatic carbocycles. The quantitative estimate of drug-likeness (QED) is 0.906. The zero-order valence-electron chi connectivity index (χ0n) is 12.1. The molecule has 2 aliphatic heterocycles. The second-order valence-electron chi connectivity index (χ2n) is 5.74. The minimum atomic E-state index is 0.223. The monoisotopic (exact) mass is 276 g/mol. The SMILES string of the molecule is CC1CNC(c2ccccc2)CN1CC1COCCO1. The maximum absolute atomic E-state index is 5.78. The van der Waals surface area contributed by atoms with Gasteiger partial charge in [0.25, 0.3) is 0 Å². The lowest BCUT2D eigenvalue weighted by Gasteiger charge is -2.41. The van der Waals surface area contributed by atoms with Crippen LogP contribution in [0.5, 0.6) is 0 Å². The van der Waals surface area contributed by atoms with Crippen LogP contribution in [-0.4, -0.2) is 56.5 Å². The van der Waals surface area contributed by atoms with Crippen LogP contribution in [0.15, 0.2) is 30.3 Å². The standard InChI is InChI=1S/C16H24N2O2/c1-13-9-17-16(14-5-3-2-4-6-14)11-18(13)10-15-12-19-7-8-20-15/h2-6,13,15-17H,7-12H2,1H3. The molecule has 0 radical (unpaired) electrons. The average molecular weight is 276 g/mol. The van der Waals surface area contributed by atoms with E-state index in [1.165, 1.54) is 5.56 Å². The number of nitrogens with one attached hydrogen (secondary N) is 1. The van der Waals surface area contributed by atoms with E-state index in [2.05, 4.69) is 47.5 Å². The Morgan fingerprint density at radius 3 is 2.85 bits per heavy atom.